The van der Waals surface area contributed by atoms with Gasteiger partial charge in [-0.1, -0.05) is 53.6 Å². The predicted molar refractivity (Wildman–Crippen MR) is 161 cm³/mol. The first kappa shape index (κ1) is 30.9. The molecule has 2 amide bonds. The molecule has 0 saturated carbocycles. The Kier molecular flexibility index (Phi) is 9.46. The molecule has 214 valence electrons. The zero-order chi connectivity index (χ0) is 29.8. The van der Waals surface area contributed by atoms with Crippen LogP contribution in [0.4, 0.5) is 5.69 Å². The maximum Gasteiger partial charge on any atom is 0.264 e. The molecule has 0 aromatic heterocycles. The maximum absolute atomic E-state index is 14.1. The van der Waals surface area contributed by atoms with Crippen LogP contribution in [0.5, 0.6) is 0 Å². The summed E-state index contributed by atoms with van der Waals surface area (Å²) in [4.78, 5) is 28.8. The molecule has 3 rings (SSSR count). The molecule has 0 heterocycles. The van der Waals surface area contributed by atoms with Crippen molar-refractivity contribution in [1.29, 1.82) is 0 Å². The Morgan fingerprint density at radius 1 is 0.850 bits per heavy atom. The van der Waals surface area contributed by atoms with E-state index in [9.17, 15) is 18.0 Å². The van der Waals surface area contributed by atoms with Crippen molar-refractivity contribution in [3.8, 4) is 0 Å². The quantitative estimate of drug-likeness (QED) is 0.375. The summed E-state index contributed by atoms with van der Waals surface area (Å²) in [5, 5.41) is 2.95. The third kappa shape index (κ3) is 7.72. The molecule has 40 heavy (non-hydrogen) atoms. The smallest absolute Gasteiger partial charge is 0.264 e. The number of sulfonamides is 1. The minimum atomic E-state index is -4.10. The predicted octanol–water partition coefficient (Wildman–Crippen LogP) is 5.45. The van der Waals surface area contributed by atoms with Crippen LogP contribution in [0.3, 0.4) is 0 Å². The van der Waals surface area contributed by atoms with Crippen LogP contribution < -0.4 is 9.62 Å². The SMILES string of the molecule is Cc1ccc(S(=O)(=O)N(CC(=O)N(Cc2cccc(C)c2)C(C)C(=O)NC(C)(C)C)c2ccc(C)c(C)c2)cc1. The van der Waals surface area contributed by atoms with Gasteiger partial charge in [0.05, 0.1) is 10.6 Å². The number of rotatable bonds is 9. The monoisotopic (exact) mass is 563 g/mol. The summed E-state index contributed by atoms with van der Waals surface area (Å²) < 4.78 is 29.1. The average Bonchev–Trinajstić information content (AvgIpc) is 2.86. The highest BCUT2D eigenvalue weighted by molar-refractivity contribution is 7.92. The standard InChI is InChI=1S/C32H41N3O4S/c1-22-12-16-29(17-13-22)40(38,39)35(28-15-14-24(3)25(4)19-28)21-30(36)34(20-27-11-9-10-23(2)18-27)26(5)31(37)33-32(6,7)8/h9-19,26H,20-21H2,1-8H3,(H,33,37). The first-order valence-electron chi connectivity index (χ1n) is 13.4. The van der Waals surface area contributed by atoms with Crippen LogP contribution in [0.1, 0.15) is 55.5 Å². The molecule has 1 N–H and O–H groups in total. The van der Waals surface area contributed by atoms with Gasteiger partial charge in [-0.2, -0.15) is 0 Å². The Hall–Kier alpha value is -3.65. The molecule has 0 saturated heterocycles. The van der Waals surface area contributed by atoms with Crippen molar-refractivity contribution in [1.82, 2.24) is 10.2 Å². The molecule has 3 aromatic rings. The summed E-state index contributed by atoms with van der Waals surface area (Å²) >= 11 is 0. The van der Waals surface area contributed by atoms with E-state index < -0.39 is 34.1 Å². The number of carbonyl (C=O) groups excluding carboxylic acids is 2. The Labute approximate surface area is 239 Å². The van der Waals surface area contributed by atoms with Gasteiger partial charge < -0.3 is 10.2 Å². The van der Waals surface area contributed by atoms with Crippen LogP contribution in [0, 0.1) is 27.7 Å². The van der Waals surface area contributed by atoms with Crippen LogP contribution in [-0.2, 0) is 26.2 Å². The van der Waals surface area contributed by atoms with Gasteiger partial charge in [0.1, 0.15) is 12.6 Å². The van der Waals surface area contributed by atoms with Gasteiger partial charge in [-0.15, -0.1) is 0 Å². The third-order valence-corrected chi connectivity index (χ3v) is 8.56. The molecule has 8 heteroatoms. The van der Waals surface area contributed by atoms with E-state index in [0.29, 0.717) is 5.69 Å². The highest BCUT2D eigenvalue weighted by atomic mass is 32.2. The van der Waals surface area contributed by atoms with E-state index in [2.05, 4.69) is 5.32 Å². The van der Waals surface area contributed by atoms with Crippen LogP contribution in [0.25, 0.3) is 0 Å². The minimum absolute atomic E-state index is 0.0906. The number of aryl methyl sites for hydroxylation is 4. The fourth-order valence-corrected chi connectivity index (χ4v) is 5.72. The van der Waals surface area contributed by atoms with E-state index in [1.54, 1.807) is 43.3 Å². The van der Waals surface area contributed by atoms with Gasteiger partial charge in [-0.25, -0.2) is 8.42 Å². The second-order valence-electron chi connectivity index (χ2n) is 11.5. The van der Waals surface area contributed by atoms with Crippen molar-refractivity contribution >= 4 is 27.5 Å². The third-order valence-electron chi connectivity index (χ3n) is 6.77. The van der Waals surface area contributed by atoms with Gasteiger partial charge >= 0.3 is 0 Å². The number of benzene rings is 3. The first-order valence-corrected chi connectivity index (χ1v) is 14.9. The molecule has 3 aromatic carbocycles. The van der Waals surface area contributed by atoms with Crippen LogP contribution >= 0.6 is 0 Å². The lowest BCUT2D eigenvalue weighted by Crippen LogP contribution is -2.54. The second kappa shape index (κ2) is 12.3. The van der Waals surface area contributed by atoms with Crippen molar-refractivity contribution < 1.29 is 18.0 Å². The molecule has 0 aliphatic rings. The van der Waals surface area contributed by atoms with E-state index in [4.69, 9.17) is 0 Å². The average molecular weight is 564 g/mol. The lowest BCUT2D eigenvalue weighted by atomic mass is 10.1. The van der Waals surface area contributed by atoms with Crippen molar-refractivity contribution in [2.24, 2.45) is 0 Å². The molecule has 0 bridgehead atoms. The molecule has 0 spiro atoms. The zero-order valence-corrected chi connectivity index (χ0v) is 25.6. The van der Waals surface area contributed by atoms with Crippen LogP contribution in [-0.4, -0.2) is 43.3 Å². The first-order chi connectivity index (χ1) is 18.6. The van der Waals surface area contributed by atoms with E-state index >= 15 is 0 Å². The van der Waals surface area contributed by atoms with Gasteiger partial charge in [-0.05, 0) is 96.3 Å². The fraction of sp³-hybridized carbons (Fsp3) is 0.375. The van der Waals surface area contributed by atoms with Crippen LogP contribution in [0.2, 0.25) is 0 Å². The highest BCUT2D eigenvalue weighted by Gasteiger charge is 2.33. The molecule has 0 aliphatic heterocycles. The van der Waals surface area contributed by atoms with E-state index in [1.807, 2.05) is 78.8 Å². The normalized spacial score (nSPS) is 12.5. The summed E-state index contributed by atoms with van der Waals surface area (Å²) in [6.07, 6.45) is 0. The Bertz CT molecular complexity index is 1470. The second-order valence-corrected chi connectivity index (χ2v) is 13.4. The van der Waals surface area contributed by atoms with E-state index in [-0.39, 0.29) is 17.3 Å². The molecule has 1 unspecified atom stereocenters. The van der Waals surface area contributed by atoms with Gasteiger partial charge in [0.2, 0.25) is 11.8 Å². The fourth-order valence-electron chi connectivity index (χ4n) is 4.31. The number of anilines is 1. The number of carbonyl (C=O) groups is 2. The summed E-state index contributed by atoms with van der Waals surface area (Å²) in [5.74, 6) is -0.792. The van der Waals surface area contributed by atoms with E-state index in [1.165, 1.54) is 4.90 Å². The summed E-state index contributed by atoms with van der Waals surface area (Å²) in [6.45, 7) is 14.7. The molecule has 7 nitrogen and oxygen atoms in total. The summed E-state index contributed by atoms with van der Waals surface area (Å²) in [5.41, 5.74) is 4.61. The molecule has 0 radical (unpaired) electrons. The molecule has 0 aliphatic carbocycles. The Morgan fingerprint density at radius 3 is 2.08 bits per heavy atom. The molecular weight excluding hydrogens is 522 g/mol. The lowest BCUT2D eigenvalue weighted by molar-refractivity contribution is -0.140. The molecule has 1 atom stereocenters. The number of amides is 2. The number of hydrogen-bond acceptors (Lipinski definition) is 4. The summed E-state index contributed by atoms with van der Waals surface area (Å²) in [7, 11) is -4.10. The minimum Gasteiger partial charge on any atom is -0.350 e. The van der Waals surface area contributed by atoms with Gasteiger partial charge in [-0.3, -0.25) is 13.9 Å². The molecular formula is C32H41N3O4S. The highest BCUT2D eigenvalue weighted by Crippen LogP contribution is 2.27. The number of nitrogens with zero attached hydrogens (tertiary/aromatic N) is 2. The van der Waals surface area contributed by atoms with E-state index in [0.717, 1.165) is 32.1 Å². The van der Waals surface area contributed by atoms with Crippen molar-refractivity contribution in [2.75, 3.05) is 10.8 Å². The van der Waals surface area contributed by atoms with Crippen molar-refractivity contribution in [2.45, 2.75) is 78.4 Å². The zero-order valence-electron chi connectivity index (χ0n) is 24.8. The van der Waals surface area contributed by atoms with Crippen LogP contribution in [0.15, 0.2) is 71.6 Å². The topological polar surface area (TPSA) is 86.8 Å². The lowest BCUT2D eigenvalue weighted by Gasteiger charge is -2.33. The van der Waals surface area contributed by atoms with Gasteiger partial charge in [0, 0.05) is 12.1 Å². The molecule has 0 fully saturated rings. The maximum atomic E-state index is 14.1. The number of hydrogen-bond donors (Lipinski definition) is 1. The Morgan fingerprint density at radius 2 is 1.50 bits per heavy atom. The van der Waals surface area contributed by atoms with Crippen molar-refractivity contribution in [3.05, 3.63) is 94.5 Å². The Balaban J connectivity index is 2.07. The number of nitrogens with one attached hydrogen (secondary N) is 1. The van der Waals surface area contributed by atoms with Gasteiger partial charge in [0.25, 0.3) is 10.0 Å². The summed E-state index contributed by atoms with van der Waals surface area (Å²) in [6, 6.07) is 18.8. The van der Waals surface area contributed by atoms with Gasteiger partial charge in [0.15, 0.2) is 0 Å². The van der Waals surface area contributed by atoms with Crippen molar-refractivity contribution in [3.63, 3.8) is 0 Å². The largest absolute Gasteiger partial charge is 0.350 e.